The Morgan fingerprint density at radius 1 is 1.27 bits per heavy atom. The van der Waals surface area contributed by atoms with Gasteiger partial charge in [-0.05, 0) is 24.3 Å². The first-order chi connectivity index (χ1) is 12.4. The first kappa shape index (κ1) is 19.5. The van der Waals surface area contributed by atoms with Crippen LogP contribution in [0.4, 0.5) is 0 Å². The molecule has 0 fully saturated rings. The number of likely N-dealkylation sites (N-methyl/N-ethyl adjacent to an activating group) is 1. The minimum Gasteiger partial charge on any atom is -0.493 e. The van der Waals surface area contributed by atoms with Gasteiger partial charge in [-0.15, -0.1) is 0 Å². The number of carbonyl (C=O) groups is 1. The highest BCUT2D eigenvalue weighted by atomic mass is 32.2. The van der Waals surface area contributed by atoms with Crippen molar-refractivity contribution in [1.82, 2.24) is 9.73 Å². The van der Waals surface area contributed by atoms with E-state index in [4.69, 9.17) is 13.9 Å². The topological polar surface area (TPSA) is 110 Å². The van der Waals surface area contributed by atoms with Gasteiger partial charge in [0.05, 0.1) is 38.1 Å². The summed E-state index contributed by atoms with van der Waals surface area (Å²) in [5.74, 6) is 0.532. The molecule has 10 heteroatoms. The van der Waals surface area contributed by atoms with Crippen LogP contribution >= 0.6 is 0 Å². The summed E-state index contributed by atoms with van der Waals surface area (Å²) < 4.78 is 41.3. The highest BCUT2D eigenvalue weighted by molar-refractivity contribution is 7.89. The van der Waals surface area contributed by atoms with E-state index in [1.54, 1.807) is 12.1 Å². The van der Waals surface area contributed by atoms with Crippen LogP contribution in [0.25, 0.3) is 0 Å². The average molecular weight is 381 g/mol. The van der Waals surface area contributed by atoms with E-state index >= 15 is 0 Å². The number of nitrogens with zero attached hydrogens (tertiary/aromatic N) is 2. The Hall–Kier alpha value is -2.85. The van der Waals surface area contributed by atoms with Crippen LogP contribution in [0, 0.1) is 0 Å². The molecular formula is C16H19N3O6S. The van der Waals surface area contributed by atoms with Crippen LogP contribution in [0.1, 0.15) is 5.76 Å². The number of hydrazone groups is 1. The summed E-state index contributed by atoms with van der Waals surface area (Å²) in [5.41, 5.74) is 2.24. The van der Waals surface area contributed by atoms with E-state index in [1.165, 1.54) is 51.9 Å². The Labute approximate surface area is 151 Å². The second-order valence-corrected chi connectivity index (χ2v) is 7.13. The molecule has 2 rings (SSSR count). The maximum absolute atomic E-state index is 12.6. The lowest BCUT2D eigenvalue weighted by atomic mass is 10.3. The summed E-state index contributed by atoms with van der Waals surface area (Å²) in [6.07, 6.45) is 2.77. The van der Waals surface area contributed by atoms with Gasteiger partial charge in [0.2, 0.25) is 10.0 Å². The molecule has 0 aliphatic rings. The van der Waals surface area contributed by atoms with Crippen LogP contribution in [0.5, 0.6) is 11.5 Å². The van der Waals surface area contributed by atoms with E-state index in [0.717, 1.165) is 4.31 Å². The van der Waals surface area contributed by atoms with Crippen molar-refractivity contribution in [1.29, 1.82) is 0 Å². The lowest BCUT2D eigenvalue weighted by Gasteiger charge is -2.17. The van der Waals surface area contributed by atoms with Gasteiger partial charge < -0.3 is 13.9 Å². The van der Waals surface area contributed by atoms with Crippen LogP contribution in [0.15, 0.2) is 51.0 Å². The van der Waals surface area contributed by atoms with E-state index in [9.17, 15) is 13.2 Å². The molecule has 0 saturated heterocycles. The number of hydrogen-bond donors (Lipinski definition) is 1. The van der Waals surface area contributed by atoms with E-state index in [-0.39, 0.29) is 10.6 Å². The van der Waals surface area contributed by atoms with Crippen LogP contribution in [0.2, 0.25) is 0 Å². The van der Waals surface area contributed by atoms with Crippen molar-refractivity contribution >= 4 is 22.1 Å². The van der Waals surface area contributed by atoms with Gasteiger partial charge in [0.15, 0.2) is 11.5 Å². The number of benzene rings is 1. The first-order valence-electron chi connectivity index (χ1n) is 7.42. The summed E-state index contributed by atoms with van der Waals surface area (Å²) in [5, 5.41) is 3.70. The van der Waals surface area contributed by atoms with Gasteiger partial charge in [0, 0.05) is 13.1 Å². The van der Waals surface area contributed by atoms with Gasteiger partial charge in [-0.25, -0.2) is 13.8 Å². The van der Waals surface area contributed by atoms with Crippen molar-refractivity contribution in [3.63, 3.8) is 0 Å². The SMILES string of the molecule is COc1ccc(S(=O)(=O)N(C)CC(=O)N/N=C\c2ccco2)cc1OC. The van der Waals surface area contributed by atoms with Gasteiger partial charge in [-0.1, -0.05) is 0 Å². The van der Waals surface area contributed by atoms with Crippen molar-refractivity contribution in [2.75, 3.05) is 27.8 Å². The zero-order valence-electron chi connectivity index (χ0n) is 14.5. The number of carbonyl (C=O) groups excluding carboxylic acids is 1. The molecule has 1 aromatic carbocycles. The number of nitrogens with one attached hydrogen (secondary N) is 1. The number of hydrogen-bond acceptors (Lipinski definition) is 7. The Morgan fingerprint density at radius 3 is 2.62 bits per heavy atom. The normalized spacial score (nSPS) is 11.7. The molecule has 140 valence electrons. The summed E-state index contributed by atoms with van der Waals surface area (Å²) >= 11 is 0. The summed E-state index contributed by atoms with van der Waals surface area (Å²) in [7, 11) is 0.256. The minimum absolute atomic E-state index is 0.0236. The van der Waals surface area contributed by atoms with Crippen LogP contribution in [-0.2, 0) is 14.8 Å². The molecule has 0 aliphatic carbocycles. The fraction of sp³-hybridized carbons (Fsp3) is 0.250. The highest BCUT2D eigenvalue weighted by Crippen LogP contribution is 2.30. The molecule has 0 radical (unpaired) electrons. The summed E-state index contributed by atoms with van der Waals surface area (Å²) in [6, 6.07) is 7.51. The Bertz CT molecular complexity index is 877. The summed E-state index contributed by atoms with van der Waals surface area (Å²) in [6.45, 7) is -0.411. The molecule has 0 aliphatic heterocycles. The predicted octanol–water partition coefficient (Wildman–Crippen LogP) is 1.07. The van der Waals surface area contributed by atoms with Gasteiger partial charge in [-0.2, -0.15) is 9.41 Å². The van der Waals surface area contributed by atoms with Crippen molar-refractivity contribution in [3.05, 3.63) is 42.4 Å². The van der Waals surface area contributed by atoms with Crippen molar-refractivity contribution in [2.24, 2.45) is 5.10 Å². The van der Waals surface area contributed by atoms with E-state index in [1.807, 2.05) is 0 Å². The molecule has 2 aromatic rings. The lowest BCUT2D eigenvalue weighted by molar-refractivity contribution is -0.121. The number of ether oxygens (including phenoxy) is 2. The van der Waals surface area contributed by atoms with E-state index in [0.29, 0.717) is 11.5 Å². The fourth-order valence-electron chi connectivity index (χ4n) is 2.01. The number of rotatable bonds is 8. The number of furan rings is 1. The lowest BCUT2D eigenvalue weighted by Crippen LogP contribution is -2.36. The van der Waals surface area contributed by atoms with Gasteiger partial charge in [-0.3, -0.25) is 4.79 Å². The second-order valence-electron chi connectivity index (χ2n) is 5.09. The molecule has 0 saturated carbocycles. The van der Waals surface area contributed by atoms with Gasteiger partial charge >= 0.3 is 0 Å². The van der Waals surface area contributed by atoms with Gasteiger partial charge in [0.1, 0.15) is 5.76 Å². The fourth-order valence-corrected chi connectivity index (χ4v) is 3.16. The third kappa shape index (κ3) is 4.61. The molecule has 1 amide bonds. The number of amides is 1. The highest BCUT2D eigenvalue weighted by Gasteiger charge is 2.24. The molecule has 9 nitrogen and oxygen atoms in total. The average Bonchev–Trinajstić information content (AvgIpc) is 3.14. The van der Waals surface area contributed by atoms with Crippen LogP contribution in [0.3, 0.4) is 0 Å². The molecule has 1 N–H and O–H groups in total. The zero-order valence-corrected chi connectivity index (χ0v) is 15.3. The smallest absolute Gasteiger partial charge is 0.255 e. The molecule has 1 aromatic heterocycles. The largest absolute Gasteiger partial charge is 0.493 e. The third-order valence-corrected chi connectivity index (χ3v) is 5.15. The number of methoxy groups -OCH3 is 2. The van der Waals surface area contributed by atoms with Crippen molar-refractivity contribution in [3.8, 4) is 11.5 Å². The molecule has 1 heterocycles. The van der Waals surface area contributed by atoms with Crippen LogP contribution in [-0.4, -0.2) is 52.7 Å². The first-order valence-corrected chi connectivity index (χ1v) is 8.86. The molecule has 0 spiro atoms. The predicted molar refractivity (Wildman–Crippen MR) is 93.8 cm³/mol. The molecule has 0 atom stereocenters. The Kier molecular flexibility index (Phi) is 6.36. The quantitative estimate of drug-likeness (QED) is 0.541. The third-order valence-electron chi connectivity index (χ3n) is 3.35. The summed E-state index contributed by atoms with van der Waals surface area (Å²) in [4.78, 5) is 11.9. The molecule has 0 bridgehead atoms. The van der Waals surface area contributed by atoms with Crippen molar-refractivity contribution in [2.45, 2.75) is 4.90 Å². The van der Waals surface area contributed by atoms with E-state index in [2.05, 4.69) is 10.5 Å². The van der Waals surface area contributed by atoms with Crippen LogP contribution < -0.4 is 14.9 Å². The standard InChI is InChI=1S/C16H19N3O6S/c1-19(11-16(20)18-17-10-12-5-4-8-25-12)26(21,22)13-6-7-14(23-2)15(9-13)24-3/h4-10H,11H2,1-3H3,(H,18,20)/b17-10-. The van der Waals surface area contributed by atoms with Crippen molar-refractivity contribution < 1.29 is 27.1 Å². The van der Waals surface area contributed by atoms with E-state index < -0.39 is 22.5 Å². The molecule has 0 unspecified atom stereocenters. The maximum atomic E-state index is 12.6. The molecular weight excluding hydrogens is 362 g/mol. The second kappa shape index (κ2) is 8.50. The minimum atomic E-state index is -3.89. The monoisotopic (exact) mass is 381 g/mol. The Morgan fingerprint density at radius 2 is 2.00 bits per heavy atom. The van der Waals surface area contributed by atoms with Gasteiger partial charge in [0.25, 0.3) is 5.91 Å². The maximum Gasteiger partial charge on any atom is 0.255 e. The zero-order chi connectivity index (χ0) is 19.2. The Balaban J connectivity index is 2.05. The molecule has 26 heavy (non-hydrogen) atoms. The number of sulfonamides is 1.